The largest absolute Gasteiger partial charge is 0.314 e. The fourth-order valence-electron chi connectivity index (χ4n) is 3.52. The SMILES string of the molecule is CN(C(=O)Cn1c(=N)n(CC(=O)c2ccc(Br)cc2)c2ccccc21)c1ccccc1. The number of halogens is 1. The summed E-state index contributed by atoms with van der Waals surface area (Å²) in [4.78, 5) is 27.4. The van der Waals surface area contributed by atoms with Crippen LogP contribution < -0.4 is 10.5 Å². The van der Waals surface area contributed by atoms with Crippen LogP contribution in [-0.2, 0) is 17.9 Å². The first-order valence-corrected chi connectivity index (χ1v) is 10.6. The second kappa shape index (κ2) is 8.73. The molecular formula is C24H21BrN4O2. The van der Waals surface area contributed by atoms with Gasteiger partial charge in [0.1, 0.15) is 6.54 Å². The molecule has 156 valence electrons. The Morgan fingerprint density at radius 1 is 0.839 bits per heavy atom. The van der Waals surface area contributed by atoms with Crippen LogP contribution in [-0.4, -0.2) is 27.9 Å². The summed E-state index contributed by atoms with van der Waals surface area (Å²) in [5, 5.41) is 8.70. The highest BCUT2D eigenvalue weighted by Gasteiger charge is 2.18. The molecule has 4 aromatic rings. The van der Waals surface area contributed by atoms with Gasteiger partial charge in [-0.05, 0) is 36.4 Å². The van der Waals surface area contributed by atoms with Crippen molar-refractivity contribution in [1.29, 1.82) is 5.41 Å². The number of anilines is 1. The maximum absolute atomic E-state index is 12.9. The van der Waals surface area contributed by atoms with Crippen molar-refractivity contribution >= 4 is 44.3 Å². The highest BCUT2D eigenvalue weighted by Crippen LogP contribution is 2.17. The van der Waals surface area contributed by atoms with Crippen LogP contribution in [0.4, 0.5) is 5.69 Å². The molecule has 0 radical (unpaired) electrons. The molecule has 1 N–H and O–H groups in total. The van der Waals surface area contributed by atoms with E-state index in [4.69, 9.17) is 5.41 Å². The number of benzene rings is 3. The number of hydrogen-bond donors (Lipinski definition) is 1. The van der Waals surface area contributed by atoms with Gasteiger partial charge in [0.15, 0.2) is 5.78 Å². The van der Waals surface area contributed by atoms with Crippen molar-refractivity contribution in [3.63, 3.8) is 0 Å². The number of rotatable bonds is 6. The molecule has 6 nitrogen and oxygen atoms in total. The van der Waals surface area contributed by atoms with Crippen molar-refractivity contribution in [3.05, 3.63) is 94.5 Å². The lowest BCUT2D eigenvalue weighted by atomic mass is 10.1. The van der Waals surface area contributed by atoms with Crippen LogP contribution in [0.15, 0.2) is 83.3 Å². The van der Waals surface area contributed by atoms with Crippen LogP contribution in [0.2, 0.25) is 0 Å². The molecule has 0 unspecified atom stereocenters. The number of amides is 1. The van der Waals surface area contributed by atoms with E-state index in [0.717, 1.165) is 21.2 Å². The first-order valence-electron chi connectivity index (χ1n) is 9.79. The van der Waals surface area contributed by atoms with Crippen molar-refractivity contribution in [2.45, 2.75) is 13.1 Å². The minimum atomic E-state index is -0.146. The molecule has 0 aliphatic heterocycles. The van der Waals surface area contributed by atoms with Gasteiger partial charge in [-0.15, -0.1) is 0 Å². The van der Waals surface area contributed by atoms with Gasteiger partial charge in [-0.3, -0.25) is 15.0 Å². The van der Waals surface area contributed by atoms with E-state index >= 15 is 0 Å². The van der Waals surface area contributed by atoms with Crippen molar-refractivity contribution in [2.75, 3.05) is 11.9 Å². The number of nitrogens with one attached hydrogen (secondary N) is 1. The quantitative estimate of drug-likeness (QED) is 0.423. The molecule has 1 heterocycles. The highest BCUT2D eigenvalue weighted by molar-refractivity contribution is 9.10. The van der Waals surface area contributed by atoms with Crippen LogP contribution in [0.25, 0.3) is 11.0 Å². The topological polar surface area (TPSA) is 71.1 Å². The summed E-state index contributed by atoms with van der Waals surface area (Å²) in [6.07, 6.45) is 0. The summed E-state index contributed by atoms with van der Waals surface area (Å²) in [6, 6.07) is 24.0. The Bertz CT molecular complexity index is 1310. The van der Waals surface area contributed by atoms with Crippen LogP contribution in [0.1, 0.15) is 10.4 Å². The lowest BCUT2D eigenvalue weighted by Crippen LogP contribution is -2.35. The molecule has 7 heteroatoms. The lowest BCUT2D eigenvalue weighted by molar-refractivity contribution is -0.118. The van der Waals surface area contributed by atoms with Crippen LogP contribution >= 0.6 is 15.9 Å². The van der Waals surface area contributed by atoms with E-state index < -0.39 is 0 Å². The Kier molecular flexibility index (Phi) is 5.86. The fraction of sp³-hybridized carbons (Fsp3) is 0.125. The lowest BCUT2D eigenvalue weighted by Gasteiger charge is -2.17. The molecule has 1 amide bonds. The first-order chi connectivity index (χ1) is 15.0. The minimum absolute atomic E-state index is 0.00418. The number of likely N-dealkylation sites (N-methyl/N-ethyl adjacent to an activating group) is 1. The van der Waals surface area contributed by atoms with Gasteiger partial charge in [0.25, 0.3) is 0 Å². The predicted molar refractivity (Wildman–Crippen MR) is 124 cm³/mol. The van der Waals surface area contributed by atoms with Crippen molar-refractivity contribution in [3.8, 4) is 0 Å². The number of carbonyl (C=O) groups excluding carboxylic acids is 2. The maximum atomic E-state index is 12.9. The Morgan fingerprint density at radius 3 is 2.00 bits per heavy atom. The number of Topliss-reactive ketones (excluding diaryl/α,β-unsaturated/α-hetero) is 1. The zero-order valence-electron chi connectivity index (χ0n) is 17.0. The van der Waals surface area contributed by atoms with Crippen LogP contribution in [0.3, 0.4) is 0 Å². The molecule has 0 bridgehead atoms. The fourth-order valence-corrected chi connectivity index (χ4v) is 3.79. The maximum Gasteiger partial charge on any atom is 0.246 e. The molecule has 3 aromatic carbocycles. The third-order valence-corrected chi connectivity index (χ3v) is 5.78. The number of hydrogen-bond acceptors (Lipinski definition) is 3. The Hall–Kier alpha value is -3.45. The number of aromatic nitrogens is 2. The Morgan fingerprint density at radius 2 is 1.39 bits per heavy atom. The van der Waals surface area contributed by atoms with E-state index in [1.165, 1.54) is 0 Å². The van der Waals surface area contributed by atoms with Crippen molar-refractivity contribution in [2.24, 2.45) is 0 Å². The Balaban J connectivity index is 1.67. The molecule has 4 rings (SSSR count). The molecule has 0 atom stereocenters. The van der Waals surface area contributed by atoms with Gasteiger partial charge in [-0.2, -0.15) is 0 Å². The molecule has 31 heavy (non-hydrogen) atoms. The van der Waals surface area contributed by atoms with E-state index in [9.17, 15) is 9.59 Å². The van der Waals surface area contributed by atoms with Gasteiger partial charge in [0.2, 0.25) is 11.5 Å². The molecule has 0 saturated carbocycles. The minimum Gasteiger partial charge on any atom is -0.314 e. The molecule has 0 spiro atoms. The summed E-state index contributed by atoms with van der Waals surface area (Å²) < 4.78 is 4.19. The number of nitrogens with zero attached hydrogens (tertiary/aromatic N) is 3. The van der Waals surface area contributed by atoms with Gasteiger partial charge >= 0.3 is 0 Å². The number of carbonyl (C=O) groups is 2. The third-order valence-electron chi connectivity index (χ3n) is 5.25. The number of imidazole rings is 1. The van der Waals surface area contributed by atoms with Gasteiger partial charge in [-0.25, -0.2) is 0 Å². The summed E-state index contributed by atoms with van der Waals surface area (Å²) >= 11 is 3.37. The molecule has 0 fully saturated rings. The molecular weight excluding hydrogens is 456 g/mol. The van der Waals surface area contributed by atoms with E-state index in [1.807, 2.05) is 66.7 Å². The summed E-state index contributed by atoms with van der Waals surface area (Å²) in [5.41, 5.74) is 2.96. The van der Waals surface area contributed by atoms with Crippen LogP contribution in [0.5, 0.6) is 0 Å². The second-order valence-corrected chi connectivity index (χ2v) is 8.12. The molecule has 0 aliphatic carbocycles. The number of ketones is 1. The van der Waals surface area contributed by atoms with Gasteiger partial charge < -0.3 is 14.0 Å². The van der Waals surface area contributed by atoms with Gasteiger partial charge in [-0.1, -0.05) is 58.4 Å². The van der Waals surface area contributed by atoms with Crippen molar-refractivity contribution in [1.82, 2.24) is 9.13 Å². The van der Waals surface area contributed by atoms with E-state index in [-0.39, 0.29) is 30.4 Å². The normalized spacial score (nSPS) is 10.9. The molecule has 0 aliphatic rings. The van der Waals surface area contributed by atoms with Crippen LogP contribution in [0, 0.1) is 5.41 Å². The zero-order chi connectivity index (χ0) is 22.0. The number of fused-ring (bicyclic) bond motifs is 1. The smallest absolute Gasteiger partial charge is 0.246 e. The van der Waals surface area contributed by atoms with Crippen molar-refractivity contribution < 1.29 is 9.59 Å². The first kappa shape index (κ1) is 20.8. The predicted octanol–water partition coefficient (Wildman–Crippen LogP) is 4.23. The van der Waals surface area contributed by atoms with E-state index in [2.05, 4.69) is 15.9 Å². The van der Waals surface area contributed by atoms with E-state index in [1.54, 1.807) is 33.2 Å². The Labute approximate surface area is 188 Å². The number of para-hydroxylation sites is 3. The van der Waals surface area contributed by atoms with Gasteiger partial charge in [0, 0.05) is 22.8 Å². The summed E-state index contributed by atoms with van der Waals surface area (Å²) in [6.45, 7) is 0.0287. The summed E-state index contributed by atoms with van der Waals surface area (Å²) in [5.74, 6) is -0.242. The average Bonchev–Trinajstić information content (AvgIpc) is 3.05. The van der Waals surface area contributed by atoms with Gasteiger partial charge in [0.05, 0.1) is 17.6 Å². The standard InChI is InChI=1S/C24H21BrN4O2/c1-27(19-7-3-2-4-8-19)23(31)16-29-21-10-6-5-9-20(21)28(24(29)26)15-22(30)17-11-13-18(25)14-12-17/h2-14,26H,15-16H2,1H3. The monoisotopic (exact) mass is 476 g/mol. The third kappa shape index (κ3) is 4.22. The highest BCUT2D eigenvalue weighted by atomic mass is 79.9. The molecule has 1 aromatic heterocycles. The zero-order valence-corrected chi connectivity index (χ0v) is 18.5. The molecule has 0 saturated heterocycles. The second-order valence-electron chi connectivity index (χ2n) is 7.20. The average molecular weight is 477 g/mol. The van der Waals surface area contributed by atoms with E-state index in [0.29, 0.717) is 5.56 Å². The summed E-state index contributed by atoms with van der Waals surface area (Å²) in [7, 11) is 1.72.